The van der Waals surface area contributed by atoms with Crippen LogP contribution in [0.25, 0.3) is 0 Å². The molecule has 1 amide bonds. The molecule has 1 heterocycles. The largest absolute Gasteiger partial charge is 0.500 e. The van der Waals surface area contributed by atoms with Gasteiger partial charge in [-0.15, -0.1) is 0 Å². The zero-order valence-electron chi connectivity index (χ0n) is 25.9. The summed E-state index contributed by atoms with van der Waals surface area (Å²) in [5.74, 6) is -0.345. The fourth-order valence-electron chi connectivity index (χ4n) is 5.18. The van der Waals surface area contributed by atoms with Gasteiger partial charge in [0.25, 0.3) is 0 Å². The van der Waals surface area contributed by atoms with Crippen molar-refractivity contribution in [3.05, 3.63) is 0 Å². The quantitative estimate of drug-likeness (QED) is 0.144. The van der Waals surface area contributed by atoms with Crippen molar-refractivity contribution >= 4 is 20.9 Å². The zero-order chi connectivity index (χ0) is 29.0. The van der Waals surface area contributed by atoms with Gasteiger partial charge in [-0.25, -0.2) is 9.59 Å². The molecule has 0 aliphatic carbocycles. The van der Waals surface area contributed by atoms with Crippen LogP contribution in [0.2, 0.25) is 6.04 Å². The summed E-state index contributed by atoms with van der Waals surface area (Å²) < 4.78 is 29.1. The number of carbonyl (C=O) groups is 2. The van der Waals surface area contributed by atoms with Gasteiger partial charge in [-0.05, 0) is 84.6 Å². The van der Waals surface area contributed by atoms with E-state index in [-0.39, 0.29) is 16.8 Å². The molecule has 1 fully saturated rings. The lowest BCUT2D eigenvalue weighted by molar-refractivity contribution is -0.152. The van der Waals surface area contributed by atoms with Crippen LogP contribution in [0.4, 0.5) is 4.79 Å². The molecular formula is C28H56N2O7Si. The van der Waals surface area contributed by atoms with Crippen molar-refractivity contribution in [1.29, 1.82) is 0 Å². The predicted molar refractivity (Wildman–Crippen MR) is 152 cm³/mol. The van der Waals surface area contributed by atoms with E-state index in [0.717, 1.165) is 38.4 Å². The summed E-state index contributed by atoms with van der Waals surface area (Å²) in [5, 5.41) is 3.58. The molecule has 1 rings (SSSR count). The third-order valence-electron chi connectivity index (χ3n) is 6.25. The highest BCUT2D eigenvalue weighted by atomic mass is 28.4. The number of esters is 1. The van der Waals surface area contributed by atoms with Gasteiger partial charge in [-0.3, -0.25) is 4.90 Å². The minimum absolute atomic E-state index is 0.0000880. The first kappa shape index (κ1) is 34.8. The first-order valence-corrected chi connectivity index (χ1v) is 16.3. The maximum Gasteiger partial charge on any atom is 0.500 e. The molecule has 1 atom stereocenters. The second kappa shape index (κ2) is 15.5. The van der Waals surface area contributed by atoms with Crippen molar-refractivity contribution in [1.82, 2.24) is 10.2 Å². The van der Waals surface area contributed by atoms with Crippen LogP contribution in [0, 0.1) is 10.8 Å². The van der Waals surface area contributed by atoms with Crippen molar-refractivity contribution in [3.63, 3.8) is 0 Å². The molecule has 224 valence electrons. The molecule has 10 heteroatoms. The first-order chi connectivity index (χ1) is 17.6. The average molecular weight is 561 g/mol. The highest BCUT2D eigenvalue weighted by molar-refractivity contribution is 6.60. The van der Waals surface area contributed by atoms with Gasteiger partial charge in [0.05, 0.1) is 6.61 Å². The molecule has 1 saturated heterocycles. The normalized spacial score (nSPS) is 17.1. The van der Waals surface area contributed by atoms with Gasteiger partial charge >= 0.3 is 20.9 Å². The Morgan fingerprint density at radius 2 is 1.50 bits per heavy atom. The van der Waals surface area contributed by atoms with Crippen LogP contribution in [0.1, 0.15) is 94.9 Å². The molecule has 0 aromatic carbocycles. The molecule has 0 radical (unpaired) electrons. The third-order valence-corrected chi connectivity index (χ3v) is 9.40. The summed E-state index contributed by atoms with van der Waals surface area (Å²) in [6.45, 7) is 24.4. The Hall–Kier alpha value is -1.20. The van der Waals surface area contributed by atoms with E-state index >= 15 is 0 Å². The second-order valence-corrected chi connectivity index (χ2v) is 15.4. The van der Waals surface area contributed by atoms with E-state index in [4.69, 9.17) is 22.8 Å². The minimum Gasteiger partial charge on any atom is -0.464 e. The maximum absolute atomic E-state index is 12.9. The number of carbonyl (C=O) groups excluding carboxylic acids is 2. The van der Waals surface area contributed by atoms with E-state index in [1.165, 1.54) is 4.90 Å². The fraction of sp³-hybridized carbons (Fsp3) is 0.929. The number of hydrogen-bond acceptors (Lipinski definition) is 8. The molecule has 0 bridgehead atoms. The van der Waals surface area contributed by atoms with Gasteiger partial charge in [0.2, 0.25) is 0 Å². The lowest BCUT2D eigenvalue weighted by Crippen LogP contribution is -2.46. The minimum atomic E-state index is -2.61. The van der Waals surface area contributed by atoms with E-state index in [2.05, 4.69) is 33.0 Å². The Labute approximate surface area is 233 Å². The maximum atomic E-state index is 12.9. The van der Waals surface area contributed by atoms with Gasteiger partial charge in [-0.2, -0.15) is 0 Å². The summed E-state index contributed by atoms with van der Waals surface area (Å²) in [6.07, 6.45) is 2.71. The van der Waals surface area contributed by atoms with Crippen LogP contribution < -0.4 is 5.32 Å². The van der Waals surface area contributed by atoms with Gasteiger partial charge in [0.1, 0.15) is 11.6 Å². The Kier molecular flexibility index (Phi) is 14.2. The molecule has 9 nitrogen and oxygen atoms in total. The highest BCUT2D eigenvalue weighted by Crippen LogP contribution is 2.34. The molecule has 1 N–H and O–H groups in total. The molecule has 1 aliphatic rings. The van der Waals surface area contributed by atoms with Gasteiger partial charge in [-0.1, -0.05) is 27.7 Å². The summed E-state index contributed by atoms with van der Waals surface area (Å²) >= 11 is 0. The van der Waals surface area contributed by atoms with Gasteiger partial charge in [0.15, 0.2) is 0 Å². The summed E-state index contributed by atoms with van der Waals surface area (Å²) in [6, 6.07) is 0.217. The number of hydrogen-bond donors (Lipinski definition) is 1. The SMILES string of the molecule is CCO[Si](CCCNCC(C)(C)CC(C)(C)COC(=O)[C@@H]1CCCN1C(=O)OC(C)(C)C)(OCC)OCC. The standard InChI is InChI=1S/C28H56N2O7Si/c1-11-34-38(35-12-2,36-13-3)19-15-17-29-21-27(7,8)20-28(9,10)22-33-24(31)23-16-14-18-30(23)25(32)37-26(4,5)6/h23,29H,11-22H2,1-10H3/t23-/m0/s1. The van der Waals surface area contributed by atoms with Crippen molar-refractivity contribution in [3.8, 4) is 0 Å². The topological polar surface area (TPSA) is 95.6 Å². The van der Waals surface area contributed by atoms with Crippen LogP contribution in [-0.4, -0.2) is 83.5 Å². The van der Waals surface area contributed by atoms with Crippen LogP contribution in [0.5, 0.6) is 0 Å². The number of nitrogens with zero attached hydrogens (tertiary/aromatic N) is 1. The number of nitrogens with one attached hydrogen (secondary N) is 1. The zero-order valence-corrected chi connectivity index (χ0v) is 26.9. The van der Waals surface area contributed by atoms with Crippen molar-refractivity contribution in [2.45, 2.75) is 113 Å². The Bertz CT molecular complexity index is 707. The number of rotatable bonds is 17. The predicted octanol–water partition coefficient (Wildman–Crippen LogP) is 5.40. The molecule has 0 aromatic heterocycles. The van der Waals surface area contributed by atoms with Gasteiger partial charge < -0.3 is 28.1 Å². The molecule has 0 spiro atoms. The first-order valence-electron chi connectivity index (χ1n) is 14.4. The smallest absolute Gasteiger partial charge is 0.464 e. The fourth-order valence-corrected chi connectivity index (χ4v) is 7.79. The number of amides is 1. The average Bonchev–Trinajstić information content (AvgIpc) is 3.26. The molecule has 0 aromatic rings. The molecule has 38 heavy (non-hydrogen) atoms. The summed E-state index contributed by atoms with van der Waals surface area (Å²) in [4.78, 5) is 26.9. The summed E-state index contributed by atoms with van der Waals surface area (Å²) in [5.41, 5.74) is -0.812. The van der Waals surface area contributed by atoms with Crippen LogP contribution in [-0.2, 0) is 27.5 Å². The van der Waals surface area contributed by atoms with Crippen molar-refractivity contribution in [2.24, 2.45) is 10.8 Å². The Morgan fingerprint density at radius 1 is 0.921 bits per heavy atom. The molecule has 1 aliphatic heterocycles. The van der Waals surface area contributed by atoms with E-state index in [1.807, 2.05) is 41.5 Å². The van der Waals surface area contributed by atoms with E-state index in [1.54, 1.807) is 0 Å². The lowest BCUT2D eigenvalue weighted by Gasteiger charge is -2.35. The van der Waals surface area contributed by atoms with E-state index in [9.17, 15) is 9.59 Å². The van der Waals surface area contributed by atoms with E-state index in [0.29, 0.717) is 39.4 Å². The summed E-state index contributed by atoms with van der Waals surface area (Å²) in [7, 11) is -2.61. The molecular weight excluding hydrogens is 504 g/mol. The number of ether oxygens (including phenoxy) is 2. The second-order valence-electron chi connectivity index (χ2n) is 12.7. The monoisotopic (exact) mass is 560 g/mol. The van der Waals surface area contributed by atoms with Crippen molar-refractivity contribution < 1.29 is 32.3 Å². The Morgan fingerprint density at radius 3 is 2.03 bits per heavy atom. The number of likely N-dealkylation sites (tertiary alicyclic amines) is 1. The molecule has 0 unspecified atom stereocenters. The van der Waals surface area contributed by atoms with E-state index < -0.39 is 26.5 Å². The van der Waals surface area contributed by atoms with Crippen LogP contribution >= 0.6 is 0 Å². The third kappa shape index (κ3) is 12.8. The van der Waals surface area contributed by atoms with Crippen LogP contribution in [0.3, 0.4) is 0 Å². The van der Waals surface area contributed by atoms with Crippen molar-refractivity contribution in [2.75, 3.05) is 46.1 Å². The lowest BCUT2D eigenvalue weighted by atomic mass is 9.75. The van der Waals surface area contributed by atoms with Crippen LogP contribution in [0.15, 0.2) is 0 Å². The Balaban J connectivity index is 2.52. The van der Waals surface area contributed by atoms with Gasteiger partial charge in [0, 0.05) is 39.0 Å². The molecule has 0 saturated carbocycles. The highest BCUT2D eigenvalue weighted by Gasteiger charge is 2.40.